The summed E-state index contributed by atoms with van der Waals surface area (Å²) in [4.78, 5) is 11.2. The van der Waals surface area contributed by atoms with Crippen molar-refractivity contribution in [1.82, 2.24) is 5.32 Å². The van der Waals surface area contributed by atoms with Gasteiger partial charge in [-0.15, -0.1) is 0 Å². The van der Waals surface area contributed by atoms with E-state index >= 15 is 0 Å². The predicted octanol–water partition coefficient (Wildman–Crippen LogP) is 0.193. The highest BCUT2D eigenvalue weighted by Crippen LogP contribution is 2.03. The van der Waals surface area contributed by atoms with Crippen LogP contribution in [0.2, 0.25) is 0 Å². The molecule has 0 aliphatic heterocycles. The van der Waals surface area contributed by atoms with Crippen molar-refractivity contribution in [3.63, 3.8) is 0 Å². The molecule has 4 nitrogen and oxygen atoms in total. The first-order valence-corrected chi connectivity index (χ1v) is 6.38. The SMILES string of the molecule is CCNC(=O)C(C)CCS(C)(=O)=O. The fourth-order valence-electron chi connectivity index (χ4n) is 0.870. The average molecular weight is 207 g/mol. The van der Waals surface area contributed by atoms with Gasteiger partial charge in [-0.2, -0.15) is 0 Å². The van der Waals surface area contributed by atoms with E-state index in [2.05, 4.69) is 5.32 Å². The van der Waals surface area contributed by atoms with Gasteiger partial charge < -0.3 is 5.32 Å². The lowest BCUT2D eigenvalue weighted by atomic mass is 10.1. The molecule has 13 heavy (non-hydrogen) atoms. The number of carbonyl (C=O) groups excluding carboxylic acids is 1. The summed E-state index contributed by atoms with van der Waals surface area (Å²) in [6.45, 7) is 4.15. The molecule has 0 spiro atoms. The zero-order chi connectivity index (χ0) is 10.5. The molecule has 0 bridgehead atoms. The van der Waals surface area contributed by atoms with Crippen molar-refractivity contribution in [3.8, 4) is 0 Å². The summed E-state index contributed by atoms with van der Waals surface area (Å²) < 4.78 is 21.6. The Labute approximate surface area is 79.6 Å². The van der Waals surface area contributed by atoms with Crippen molar-refractivity contribution in [2.24, 2.45) is 5.92 Å². The molecule has 0 saturated carbocycles. The van der Waals surface area contributed by atoms with E-state index in [4.69, 9.17) is 0 Å². The molecule has 1 N–H and O–H groups in total. The van der Waals surface area contributed by atoms with Crippen molar-refractivity contribution in [1.29, 1.82) is 0 Å². The summed E-state index contributed by atoms with van der Waals surface area (Å²) in [5, 5.41) is 2.65. The van der Waals surface area contributed by atoms with Crippen LogP contribution in [0.25, 0.3) is 0 Å². The molecule has 1 amide bonds. The highest BCUT2D eigenvalue weighted by Gasteiger charge is 2.14. The third-order valence-corrected chi connectivity index (χ3v) is 2.70. The maximum atomic E-state index is 11.2. The largest absolute Gasteiger partial charge is 0.356 e. The molecule has 78 valence electrons. The van der Waals surface area contributed by atoms with Gasteiger partial charge in [-0.3, -0.25) is 4.79 Å². The second-order valence-corrected chi connectivity index (χ2v) is 5.47. The van der Waals surface area contributed by atoms with Crippen LogP contribution in [0.15, 0.2) is 0 Å². The van der Waals surface area contributed by atoms with Gasteiger partial charge in [0.1, 0.15) is 9.84 Å². The number of nitrogens with one attached hydrogen (secondary N) is 1. The van der Waals surface area contributed by atoms with Gasteiger partial charge >= 0.3 is 0 Å². The van der Waals surface area contributed by atoms with Crippen LogP contribution in [0, 0.1) is 5.92 Å². The summed E-state index contributed by atoms with van der Waals surface area (Å²) in [5.74, 6) is -0.230. The topological polar surface area (TPSA) is 63.2 Å². The Hall–Kier alpha value is -0.580. The molecule has 0 aromatic rings. The van der Waals surface area contributed by atoms with Crippen LogP contribution in [-0.2, 0) is 14.6 Å². The van der Waals surface area contributed by atoms with Gasteiger partial charge in [-0.05, 0) is 13.3 Å². The Morgan fingerprint density at radius 1 is 1.46 bits per heavy atom. The Morgan fingerprint density at radius 2 is 2.00 bits per heavy atom. The van der Waals surface area contributed by atoms with Crippen LogP contribution in [0.4, 0.5) is 0 Å². The lowest BCUT2D eigenvalue weighted by molar-refractivity contribution is -0.124. The molecule has 0 aliphatic carbocycles. The van der Waals surface area contributed by atoms with Gasteiger partial charge in [0.15, 0.2) is 0 Å². The third kappa shape index (κ3) is 6.57. The van der Waals surface area contributed by atoms with Crippen molar-refractivity contribution in [2.45, 2.75) is 20.3 Å². The van der Waals surface area contributed by atoms with Crippen molar-refractivity contribution in [3.05, 3.63) is 0 Å². The van der Waals surface area contributed by atoms with Gasteiger partial charge in [-0.25, -0.2) is 8.42 Å². The van der Waals surface area contributed by atoms with Crippen LogP contribution < -0.4 is 5.32 Å². The Bertz CT molecular complexity index is 259. The minimum atomic E-state index is -2.95. The molecule has 0 aromatic carbocycles. The fourth-order valence-corrected chi connectivity index (χ4v) is 1.65. The van der Waals surface area contributed by atoms with Gasteiger partial charge in [0.2, 0.25) is 5.91 Å². The maximum Gasteiger partial charge on any atom is 0.222 e. The number of hydrogen-bond acceptors (Lipinski definition) is 3. The van der Waals surface area contributed by atoms with E-state index in [-0.39, 0.29) is 17.6 Å². The fraction of sp³-hybridized carbons (Fsp3) is 0.875. The van der Waals surface area contributed by atoms with Crippen LogP contribution >= 0.6 is 0 Å². The maximum absolute atomic E-state index is 11.2. The van der Waals surface area contributed by atoms with E-state index in [0.29, 0.717) is 13.0 Å². The first kappa shape index (κ1) is 12.4. The van der Waals surface area contributed by atoms with Crippen LogP contribution in [0.3, 0.4) is 0 Å². The predicted molar refractivity (Wildman–Crippen MR) is 52.2 cm³/mol. The first-order valence-electron chi connectivity index (χ1n) is 4.32. The van der Waals surface area contributed by atoms with Gasteiger partial charge in [0.25, 0.3) is 0 Å². The zero-order valence-corrected chi connectivity index (χ0v) is 9.15. The first-order chi connectivity index (χ1) is 5.87. The Kier molecular flexibility index (Phi) is 4.98. The standard InChI is InChI=1S/C8H17NO3S/c1-4-9-8(10)7(2)5-6-13(3,11)12/h7H,4-6H2,1-3H3,(H,9,10). The smallest absolute Gasteiger partial charge is 0.222 e. The average Bonchev–Trinajstić information content (AvgIpc) is 1.99. The monoisotopic (exact) mass is 207 g/mol. The lowest BCUT2D eigenvalue weighted by Crippen LogP contribution is -2.29. The minimum absolute atomic E-state index is 0.0747. The summed E-state index contributed by atoms with van der Waals surface area (Å²) in [6, 6.07) is 0. The molecule has 0 heterocycles. The van der Waals surface area contributed by atoms with Gasteiger partial charge in [-0.1, -0.05) is 6.92 Å². The molecule has 0 aliphatic rings. The zero-order valence-electron chi connectivity index (χ0n) is 8.33. The van der Waals surface area contributed by atoms with Crippen molar-refractivity contribution in [2.75, 3.05) is 18.6 Å². The highest BCUT2D eigenvalue weighted by molar-refractivity contribution is 7.90. The number of sulfone groups is 1. The summed E-state index contributed by atoms with van der Waals surface area (Å²) in [5.41, 5.74) is 0. The quantitative estimate of drug-likeness (QED) is 0.700. The van der Waals surface area contributed by atoms with Crippen LogP contribution in [0.5, 0.6) is 0 Å². The summed E-state index contributed by atoms with van der Waals surface area (Å²) in [7, 11) is -2.95. The molecule has 5 heteroatoms. The highest BCUT2D eigenvalue weighted by atomic mass is 32.2. The normalized spacial score (nSPS) is 13.8. The number of rotatable bonds is 5. The van der Waals surface area contributed by atoms with E-state index in [1.807, 2.05) is 6.92 Å². The lowest BCUT2D eigenvalue weighted by Gasteiger charge is -2.09. The third-order valence-electron chi connectivity index (χ3n) is 1.72. The van der Waals surface area contributed by atoms with Crippen LogP contribution in [-0.4, -0.2) is 32.9 Å². The second kappa shape index (κ2) is 5.21. The summed E-state index contributed by atoms with van der Waals surface area (Å²) in [6.07, 6.45) is 1.57. The molecular weight excluding hydrogens is 190 g/mol. The molecule has 0 saturated heterocycles. The second-order valence-electron chi connectivity index (χ2n) is 3.21. The molecule has 0 aromatic heterocycles. The van der Waals surface area contributed by atoms with E-state index in [1.165, 1.54) is 6.26 Å². The Morgan fingerprint density at radius 3 is 2.38 bits per heavy atom. The number of amides is 1. The minimum Gasteiger partial charge on any atom is -0.356 e. The van der Waals surface area contributed by atoms with E-state index in [1.54, 1.807) is 6.92 Å². The number of hydrogen-bond donors (Lipinski definition) is 1. The molecule has 0 fully saturated rings. The van der Waals surface area contributed by atoms with Crippen molar-refractivity contribution < 1.29 is 13.2 Å². The van der Waals surface area contributed by atoms with E-state index in [9.17, 15) is 13.2 Å². The van der Waals surface area contributed by atoms with Crippen molar-refractivity contribution >= 4 is 15.7 Å². The molecule has 0 radical (unpaired) electrons. The van der Waals surface area contributed by atoms with Gasteiger partial charge in [0.05, 0.1) is 5.75 Å². The Balaban J connectivity index is 3.88. The molecule has 1 unspecified atom stereocenters. The van der Waals surface area contributed by atoms with E-state index < -0.39 is 9.84 Å². The molecular formula is C8H17NO3S. The van der Waals surface area contributed by atoms with Crippen LogP contribution in [0.1, 0.15) is 20.3 Å². The van der Waals surface area contributed by atoms with E-state index in [0.717, 1.165) is 0 Å². The summed E-state index contributed by atoms with van der Waals surface area (Å²) >= 11 is 0. The number of carbonyl (C=O) groups is 1. The molecule has 1 atom stereocenters. The molecule has 0 rings (SSSR count). The van der Waals surface area contributed by atoms with Gasteiger partial charge in [0, 0.05) is 18.7 Å².